The van der Waals surface area contributed by atoms with Crippen LogP contribution in [0.2, 0.25) is 0 Å². The number of hydrogen-bond acceptors (Lipinski definition) is 4. The van der Waals surface area contributed by atoms with Crippen molar-refractivity contribution in [3.8, 4) is 17.3 Å². The van der Waals surface area contributed by atoms with Crippen LogP contribution in [0.15, 0.2) is 170 Å². The van der Waals surface area contributed by atoms with E-state index in [0.717, 1.165) is 55.9 Å². The fourth-order valence-electron chi connectivity index (χ4n) is 9.67. The van der Waals surface area contributed by atoms with Gasteiger partial charge < -0.3 is 19.1 Å². The van der Waals surface area contributed by atoms with Crippen LogP contribution in [0.1, 0.15) is 103 Å². The van der Waals surface area contributed by atoms with Crippen LogP contribution in [0.4, 0.5) is 22.7 Å². The van der Waals surface area contributed by atoms with Crippen LogP contribution in [-0.2, 0) is 42.7 Å². The minimum Gasteiger partial charge on any atom is -0.509 e. The molecule has 3 heterocycles. The van der Waals surface area contributed by atoms with Crippen molar-refractivity contribution in [2.24, 2.45) is 0 Å². The van der Waals surface area contributed by atoms with Gasteiger partial charge >= 0.3 is 0 Å². The van der Waals surface area contributed by atoms with Crippen LogP contribution in [0.5, 0.6) is 11.5 Å². The Balaban J connectivity index is 0.00000578. The van der Waals surface area contributed by atoms with Crippen molar-refractivity contribution in [2.45, 2.75) is 90.9 Å². The summed E-state index contributed by atoms with van der Waals surface area (Å²) in [4.78, 5) is 9.53. The molecule has 6 heteroatoms. The van der Waals surface area contributed by atoms with Crippen molar-refractivity contribution in [1.82, 2.24) is 9.55 Å². The first-order valence-electron chi connectivity index (χ1n) is 23.5. The van der Waals surface area contributed by atoms with E-state index >= 15 is 0 Å². The van der Waals surface area contributed by atoms with E-state index < -0.39 is 0 Å². The Morgan fingerprint density at radius 2 is 1.09 bits per heavy atom. The number of ether oxygens (including phenoxy) is 1. The smallest absolute Gasteiger partial charge is 0.135 e. The third-order valence-electron chi connectivity index (χ3n) is 13.8. The Hall–Kier alpha value is -6.42. The third kappa shape index (κ3) is 8.45. The summed E-state index contributed by atoms with van der Waals surface area (Å²) in [6.07, 6.45) is 1.93. The number of pyridine rings is 1. The van der Waals surface area contributed by atoms with Gasteiger partial charge in [0, 0.05) is 66.8 Å². The summed E-state index contributed by atoms with van der Waals surface area (Å²) in [7, 11) is 0. The van der Waals surface area contributed by atoms with Crippen LogP contribution in [0.25, 0.3) is 27.6 Å². The first-order chi connectivity index (χ1) is 32.0. The van der Waals surface area contributed by atoms with Crippen LogP contribution >= 0.6 is 0 Å². The van der Waals surface area contributed by atoms with Crippen LogP contribution in [0, 0.1) is 18.8 Å². The second kappa shape index (κ2) is 17.6. The molecule has 0 amide bonds. The van der Waals surface area contributed by atoms with Crippen molar-refractivity contribution < 1.29 is 25.8 Å². The van der Waals surface area contributed by atoms with Gasteiger partial charge in [-0.25, -0.2) is 4.98 Å². The van der Waals surface area contributed by atoms with Gasteiger partial charge in [-0.05, 0) is 86.3 Å². The molecular formula is C62H59N4OPt-3. The fourth-order valence-corrected chi connectivity index (χ4v) is 9.67. The van der Waals surface area contributed by atoms with E-state index in [0.29, 0.717) is 11.5 Å². The Bertz CT molecular complexity index is 3280. The summed E-state index contributed by atoms with van der Waals surface area (Å²) in [5.74, 6) is 2.09. The minimum absolute atomic E-state index is 0. The van der Waals surface area contributed by atoms with Gasteiger partial charge in [-0.2, -0.15) is 0 Å². The molecule has 0 N–H and O–H groups in total. The van der Waals surface area contributed by atoms with Crippen molar-refractivity contribution in [3.63, 3.8) is 0 Å². The summed E-state index contributed by atoms with van der Waals surface area (Å²) in [6, 6.07) is 66.2. The molecule has 7 aromatic carbocycles. The number of anilines is 4. The monoisotopic (exact) mass is 1070 g/mol. The van der Waals surface area contributed by atoms with Crippen LogP contribution in [-0.4, -0.2) is 9.55 Å². The molecule has 0 bridgehead atoms. The molecule has 10 rings (SSSR count). The molecule has 68 heavy (non-hydrogen) atoms. The van der Waals surface area contributed by atoms with E-state index in [1.165, 1.54) is 27.8 Å². The molecule has 0 atom stereocenters. The van der Waals surface area contributed by atoms with E-state index in [4.69, 9.17) is 9.72 Å². The van der Waals surface area contributed by atoms with E-state index in [2.05, 4.69) is 266 Å². The Morgan fingerprint density at radius 1 is 0.500 bits per heavy atom. The molecule has 5 nitrogen and oxygen atoms in total. The number of nitrogens with zero attached hydrogens (tertiary/aromatic N) is 4. The molecule has 1 aliphatic rings. The van der Waals surface area contributed by atoms with Crippen LogP contribution in [0.3, 0.4) is 0 Å². The molecular weight excluding hydrogens is 1010 g/mol. The Kier molecular flexibility index (Phi) is 12.1. The number of fused-ring (bicyclic) bond motifs is 4. The molecule has 2 aromatic heterocycles. The van der Waals surface area contributed by atoms with Gasteiger partial charge in [0.15, 0.2) is 0 Å². The van der Waals surface area contributed by atoms with Gasteiger partial charge in [-0.3, -0.25) is 0 Å². The van der Waals surface area contributed by atoms with Gasteiger partial charge in [0.05, 0.1) is 0 Å². The van der Waals surface area contributed by atoms with E-state index in [9.17, 15) is 0 Å². The number of aromatic nitrogens is 2. The van der Waals surface area contributed by atoms with Crippen molar-refractivity contribution in [1.29, 1.82) is 0 Å². The van der Waals surface area contributed by atoms with Crippen LogP contribution < -0.4 is 14.5 Å². The third-order valence-corrected chi connectivity index (χ3v) is 13.8. The maximum absolute atomic E-state index is 7.15. The molecule has 0 unspecified atom stereocenters. The SMILES string of the molecule is CC(C)(C)c1ccnc(-n2c3[c-]c(Oc4[c-]c(N5[CH-]N(c6cccc(C(C)(C)c7ccccc7)c6)c6ccccc65)cc(C(C)(C)c5ccccc5)c4)cc(C(C)(C)C)c3c3ccccc32)c1.[Pt]. The van der Waals surface area contributed by atoms with Gasteiger partial charge in [-0.15, -0.1) is 53.8 Å². The van der Waals surface area contributed by atoms with Gasteiger partial charge in [0.1, 0.15) is 5.82 Å². The van der Waals surface area contributed by atoms with Crippen molar-refractivity contribution in [2.75, 3.05) is 9.80 Å². The zero-order chi connectivity index (χ0) is 46.9. The molecule has 9 aromatic rings. The molecule has 0 spiro atoms. The van der Waals surface area contributed by atoms with Crippen molar-refractivity contribution in [3.05, 3.63) is 222 Å². The van der Waals surface area contributed by atoms with Gasteiger partial charge in [0.25, 0.3) is 0 Å². The number of rotatable bonds is 9. The molecule has 0 fully saturated rings. The largest absolute Gasteiger partial charge is 0.509 e. The Morgan fingerprint density at radius 3 is 1.75 bits per heavy atom. The predicted octanol–water partition coefficient (Wildman–Crippen LogP) is 16.2. The van der Waals surface area contributed by atoms with Crippen molar-refractivity contribution >= 4 is 44.6 Å². The minimum atomic E-state index is -0.375. The topological polar surface area (TPSA) is 33.5 Å². The molecule has 1 aliphatic heterocycles. The normalized spacial score (nSPS) is 13.2. The van der Waals surface area contributed by atoms with E-state index in [1.54, 1.807) is 0 Å². The van der Waals surface area contributed by atoms with Gasteiger partial charge in [-0.1, -0.05) is 183 Å². The molecule has 0 aliphatic carbocycles. The summed E-state index contributed by atoms with van der Waals surface area (Å²) >= 11 is 0. The summed E-state index contributed by atoms with van der Waals surface area (Å²) in [6.45, 7) is 24.9. The first kappa shape index (κ1) is 46.7. The van der Waals surface area contributed by atoms with E-state index in [1.807, 2.05) is 6.20 Å². The predicted molar refractivity (Wildman–Crippen MR) is 279 cm³/mol. The molecule has 0 saturated carbocycles. The average Bonchev–Trinajstić information content (AvgIpc) is 3.88. The zero-order valence-corrected chi connectivity index (χ0v) is 43.0. The number of para-hydroxylation sites is 3. The maximum atomic E-state index is 7.15. The first-order valence-corrected chi connectivity index (χ1v) is 23.5. The van der Waals surface area contributed by atoms with E-state index in [-0.39, 0.29) is 42.7 Å². The second-order valence-electron chi connectivity index (χ2n) is 21.1. The number of hydrogen-bond donors (Lipinski definition) is 0. The zero-order valence-electron chi connectivity index (χ0n) is 40.8. The Labute approximate surface area is 417 Å². The standard InChI is InChI=1S/C62H59N4O.Pt/c1-59(2,3)44-32-33-63-57(37-44)66-53-29-18-17-28-51(53)58-52(60(4,5)6)39-50(40-56(58)66)67-49-36-46(62(9,10)43-24-15-12-16-25-43)35-48(38-49)65-41-64(54-30-19-20-31-55(54)65)47-27-21-26-45(34-47)61(7,8)42-22-13-11-14-23-42;/h11-37,39,41H,1-10H3;/q-3;. The summed E-state index contributed by atoms with van der Waals surface area (Å²) in [5.41, 5.74) is 12.5. The van der Waals surface area contributed by atoms with Gasteiger partial charge in [0.2, 0.25) is 0 Å². The maximum Gasteiger partial charge on any atom is 0.135 e. The fraction of sp³-hybridized carbons (Fsp3) is 0.226. The molecule has 0 saturated heterocycles. The quantitative estimate of drug-likeness (QED) is 0.135. The molecule has 0 radical (unpaired) electrons. The molecule has 346 valence electrons. The summed E-state index contributed by atoms with van der Waals surface area (Å²) < 4.78 is 9.41. The second-order valence-corrected chi connectivity index (χ2v) is 21.1. The number of benzene rings is 7. The average molecular weight is 1070 g/mol. The summed E-state index contributed by atoms with van der Waals surface area (Å²) in [5, 5.41) is 2.32.